The molecule has 2 aromatic carbocycles. The Kier molecular flexibility index (Phi) is 8.35. The van der Waals surface area contributed by atoms with Crippen molar-refractivity contribution in [2.24, 2.45) is 0 Å². The van der Waals surface area contributed by atoms with Gasteiger partial charge in [-0.25, -0.2) is 0 Å². The fraction of sp³-hybridized carbons (Fsp3) is 0.400. The lowest BCUT2D eigenvalue weighted by Gasteiger charge is -2.08. The highest BCUT2D eigenvalue weighted by Crippen LogP contribution is 2.29. The number of hydrogen-bond donors (Lipinski definition) is 0. The summed E-state index contributed by atoms with van der Waals surface area (Å²) in [5.41, 5.74) is 0. The van der Waals surface area contributed by atoms with Gasteiger partial charge in [0.1, 0.15) is 5.75 Å². The van der Waals surface area contributed by atoms with E-state index in [9.17, 15) is 8.42 Å². The van der Waals surface area contributed by atoms with Crippen LogP contribution in [0, 0.1) is 0 Å². The van der Waals surface area contributed by atoms with Crippen molar-refractivity contribution in [2.75, 3.05) is 5.75 Å². The Hall–Kier alpha value is -1.46. The number of hydrogen-bond acceptors (Lipinski definition) is 4. The minimum atomic E-state index is -3.51. The molecule has 0 radical (unpaired) electrons. The first kappa shape index (κ1) is 19.9. The highest BCUT2D eigenvalue weighted by atomic mass is 32.2. The molecule has 2 aromatic rings. The average Bonchev–Trinajstić information content (AvgIpc) is 2.60. The summed E-state index contributed by atoms with van der Waals surface area (Å²) in [5.74, 6) is 0.461. The van der Waals surface area contributed by atoms with Crippen LogP contribution in [-0.4, -0.2) is 14.2 Å². The van der Waals surface area contributed by atoms with E-state index in [1.165, 1.54) is 19.3 Å². The van der Waals surface area contributed by atoms with Crippen LogP contribution in [0.15, 0.2) is 64.4 Å². The summed E-state index contributed by atoms with van der Waals surface area (Å²) < 4.78 is 29.3. The van der Waals surface area contributed by atoms with Crippen LogP contribution in [0.4, 0.5) is 0 Å². The van der Waals surface area contributed by atoms with Crippen LogP contribution in [0.1, 0.15) is 45.4 Å². The zero-order valence-corrected chi connectivity index (χ0v) is 16.3. The fourth-order valence-electron chi connectivity index (χ4n) is 2.44. The molecule has 0 aliphatic rings. The largest absolute Gasteiger partial charge is 0.382 e. The van der Waals surface area contributed by atoms with Crippen LogP contribution < -0.4 is 4.18 Å². The average molecular weight is 379 g/mol. The van der Waals surface area contributed by atoms with Crippen LogP contribution in [0.25, 0.3) is 0 Å². The maximum absolute atomic E-state index is 12.0. The van der Waals surface area contributed by atoms with Crippen molar-refractivity contribution in [2.45, 2.75) is 55.2 Å². The molecule has 0 aliphatic carbocycles. The first-order valence-corrected chi connectivity index (χ1v) is 11.2. The Bertz CT molecular complexity index is 710. The van der Waals surface area contributed by atoms with Gasteiger partial charge in [0.15, 0.2) is 0 Å². The molecule has 0 N–H and O–H groups in total. The molecule has 0 spiro atoms. The minimum Gasteiger partial charge on any atom is -0.382 e. The van der Waals surface area contributed by atoms with E-state index in [0.717, 1.165) is 22.6 Å². The predicted octanol–water partition coefficient (Wildman–Crippen LogP) is 5.91. The molecule has 3 nitrogen and oxygen atoms in total. The van der Waals surface area contributed by atoms with Crippen molar-refractivity contribution in [3.05, 3.63) is 54.6 Å². The van der Waals surface area contributed by atoms with E-state index in [0.29, 0.717) is 12.2 Å². The number of unbranched alkanes of at least 4 members (excludes halogenated alkanes) is 5. The Morgan fingerprint density at radius 3 is 2.08 bits per heavy atom. The van der Waals surface area contributed by atoms with Crippen molar-refractivity contribution in [3.63, 3.8) is 0 Å². The van der Waals surface area contributed by atoms with Crippen molar-refractivity contribution < 1.29 is 12.6 Å². The second-order valence-corrected chi connectivity index (χ2v) is 8.84. The molecule has 0 amide bonds. The summed E-state index contributed by atoms with van der Waals surface area (Å²) in [7, 11) is -3.51. The summed E-state index contributed by atoms with van der Waals surface area (Å²) >= 11 is 1.63. The highest BCUT2D eigenvalue weighted by molar-refractivity contribution is 7.99. The van der Waals surface area contributed by atoms with Crippen LogP contribution in [0.2, 0.25) is 0 Å². The monoisotopic (exact) mass is 378 g/mol. The van der Waals surface area contributed by atoms with E-state index >= 15 is 0 Å². The van der Waals surface area contributed by atoms with Crippen LogP contribution in [0.5, 0.6) is 5.75 Å². The molecule has 0 unspecified atom stereocenters. The van der Waals surface area contributed by atoms with Gasteiger partial charge >= 0.3 is 10.1 Å². The molecule has 0 saturated carbocycles. The van der Waals surface area contributed by atoms with Gasteiger partial charge in [-0.1, -0.05) is 69.0 Å². The second kappa shape index (κ2) is 10.5. The topological polar surface area (TPSA) is 43.4 Å². The van der Waals surface area contributed by atoms with E-state index in [1.54, 1.807) is 23.9 Å². The molecule has 136 valence electrons. The van der Waals surface area contributed by atoms with Gasteiger partial charge in [0, 0.05) is 9.79 Å². The van der Waals surface area contributed by atoms with Crippen LogP contribution in [0.3, 0.4) is 0 Å². The lowest BCUT2D eigenvalue weighted by atomic mass is 10.1. The zero-order valence-electron chi connectivity index (χ0n) is 14.7. The lowest BCUT2D eigenvalue weighted by molar-refractivity contribution is 0.481. The lowest BCUT2D eigenvalue weighted by Crippen LogP contribution is -2.13. The van der Waals surface area contributed by atoms with Gasteiger partial charge in [0.2, 0.25) is 0 Å². The molecule has 0 fully saturated rings. The molecular weight excluding hydrogens is 352 g/mol. The Balaban J connectivity index is 1.79. The molecule has 0 atom stereocenters. The van der Waals surface area contributed by atoms with Crippen molar-refractivity contribution in [3.8, 4) is 5.75 Å². The van der Waals surface area contributed by atoms with Gasteiger partial charge in [-0.05, 0) is 42.8 Å². The third kappa shape index (κ3) is 7.97. The number of benzene rings is 2. The van der Waals surface area contributed by atoms with Gasteiger partial charge in [-0.15, -0.1) is 0 Å². The van der Waals surface area contributed by atoms with Gasteiger partial charge in [-0.3, -0.25) is 0 Å². The molecular formula is C20H26O3S2. The van der Waals surface area contributed by atoms with Gasteiger partial charge < -0.3 is 4.18 Å². The molecule has 0 heterocycles. The van der Waals surface area contributed by atoms with Crippen LogP contribution >= 0.6 is 11.8 Å². The molecule has 25 heavy (non-hydrogen) atoms. The third-order valence-corrected chi connectivity index (χ3v) is 6.02. The number of rotatable bonds is 11. The SMILES string of the molecule is CCCCCCCCS(=O)(=O)Oc1ccc(Sc2ccccc2)cc1. The first-order chi connectivity index (χ1) is 12.1. The smallest absolute Gasteiger partial charge is 0.309 e. The van der Waals surface area contributed by atoms with Crippen molar-refractivity contribution in [1.29, 1.82) is 0 Å². The minimum absolute atomic E-state index is 0.0830. The molecule has 0 aromatic heterocycles. The summed E-state index contributed by atoms with van der Waals surface area (Å²) in [6.45, 7) is 2.17. The Morgan fingerprint density at radius 1 is 0.800 bits per heavy atom. The third-order valence-electron chi connectivity index (χ3n) is 3.77. The van der Waals surface area contributed by atoms with E-state index in [2.05, 4.69) is 6.92 Å². The quantitative estimate of drug-likeness (QED) is 0.360. The van der Waals surface area contributed by atoms with Gasteiger partial charge in [0.25, 0.3) is 0 Å². The van der Waals surface area contributed by atoms with Crippen molar-refractivity contribution >= 4 is 21.9 Å². The normalized spacial score (nSPS) is 11.4. The highest BCUT2D eigenvalue weighted by Gasteiger charge is 2.12. The standard InChI is InChI=1S/C20H26O3S2/c1-2-3-4-5-6-10-17-25(21,22)23-18-13-15-20(16-14-18)24-19-11-8-7-9-12-19/h7-9,11-16H,2-6,10,17H2,1H3. The molecule has 2 rings (SSSR count). The maximum atomic E-state index is 12.0. The summed E-state index contributed by atoms with van der Waals surface area (Å²) in [4.78, 5) is 2.19. The maximum Gasteiger partial charge on any atom is 0.309 e. The molecule has 0 aliphatic heterocycles. The first-order valence-electron chi connectivity index (χ1n) is 8.84. The summed E-state index contributed by atoms with van der Waals surface area (Å²) in [6, 6.07) is 17.2. The van der Waals surface area contributed by atoms with E-state index < -0.39 is 10.1 Å². The zero-order chi connectivity index (χ0) is 18.0. The van der Waals surface area contributed by atoms with E-state index in [4.69, 9.17) is 4.18 Å². The Morgan fingerprint density at radius 2 is 1.40 bits per heavy atom. The van der Waals surface area contributed by atoms with Crippen molar-refractivity contribution in [1.82, 2.24) is 0 Å². The fourth-order valence-corrected chi connectivity index (χ4v) is 4.32. The van der Waals surface area contributed by atoms with Gasteiger partial charge in [0.05, 0.1) is 5.75 Å². The second-order valence-electron chi connectivity index (χ2n) is 6.00. The Labute approximate surface area is 155 Å². The summed E-state index contributed by atoms with van der Waals surface area (Å²) in [6.07, 6.45) is 6.28. The van der Waals surface area contributed by atoms with Gasteiger partial charge in [-0.2, -0.15) is 8.42 Å². The summed E-state index contributed by atoms with van der Waals surface area (Å²) in [5, 5.41) is 0. The van der Waals surface area contributed by atoms with Crippen LogP contribution in [-0.2, 0) is 10.1 Å². The molecule has 5 heteroatoms. The molecule has 0 saturated heterocycles. The van der Waals surface area contributed by atoms with E-state index in [-0.39, 0.29) is 5.75 Å². The van der Waals surface area contributed by atoms with E-state index in [1.807, 2.05) is 42.5 Å². The molecule has 0 bridgehead atoms. The predicted molar refractivity (Wildman–Crippen MR) is 105 cm³/mol.